The van der Waals surface area contributed by atoms with Crippen LogP contribution in [0.5, 0.6) is 0 Å². The second kappa shape index (κ2) is 6.07. The van der Waals surface area contributed by atoms with Gasteiger partial charge in [-0.15, -0.1) is 0 Å². The van der Waals surface area contributed by atoms with E-state index in [2.05, 4.69) is 0 Å². The second-order valence-electron chi connectivity index (χ2n) is 4.80. The van der Waals surface area contributed by atoms with Crippen LogP contribution in [0.15, 0.2) is 40.1 Å². The molecule has 0 aliphatic carbocycles. The topological polar surface area (TPSA) is 106 Å². The molecule has 0 atom stereocenters. The number of rotatable bonds is 4. The molecule has 0 saturated carbocycles. The Morgan fingerprint density at radius 3 is 2.12 bits per heavy atom. The highest BCUT2D eigenvalue weighted by atomic mass is 32.2. The maximum absolute atomic E-state index is 13.6. The number of hydrogen-bond donors (Lipinski definition) is 2. The molecule has 0 heterocycles. The number of anilines is 1. The van der Waals surface area contributed by atoms with Crippen molar-refractivity contribution in [2.45, 2.75) is 16.7 Å². The first-order chi connectivity index (χ1) is 10.9. The van der Waals surface area contributed by atoms with Crippen LogP contribution in [0.25, 0.3) is 0 Å². The molecule has 11 heteroatoms. The van der Waals surface area contributed by atoms with Crippen molar-refractivity contribution in [1.82, 2.24) is 0 Å². The molecule has 3 N–H and O–H groups in total. The highest BCUT2D eigenvalue weighted by molar-refractivity contribution is 7.92. The van der Waals surface area contributed by atoms with E-state index in [-0.39, 0.29) is 16.1 Å². The SMILES string of the molecule is Cc1ccc(NS(=O)(=O)c2ccc(F)c(F)c2F)cc1S(N)(=O)=O. The Bertz CT molecular complexity index is 1020. The highest BCUT2D eigenvalue weighted by Gasteiger charge is 2.24. The fourth-order valence-corrected chi connectivity index (χ4v) is 3.82. The van der Waals surface area contributed by atoms with E-state index in [1.807, 2.05) is 4.72 Å². The third-order valence-corrected chi connectivity index (χ3v) is 5.49. The molecule has 2 aromatic carbocycles. The monoisotopic (exact) mass is 380 g/mol. The van der Waals surface area contributed by atoms with E-state index >= 15 is 0 Å². The number of aryl methyl sites for hydroxylation is 1. The van der Waals surface area contributed by atoms with Crippen molar-refractivity contribution in [3.8, 4) is 0 Å². The van der Waals surface area contributed by atoms with Gasteiger partial charge in [-0.25, -0.2) is 35.1 Å². The summed E-state index contributed by atoms with van der Waals surface area (Å²) in [5.74, 6) is -5.37. The normalized spacial score (nSPS) is 12.2. The van der Waals surface area contributed by atoms with Gasteiger partial charge in [0.25, 0.3) is 10.0 Å². The summed E-state index contributed by atoms with van der Waals surface area (Å²) in [7, 11) is -8.74. The molecule has 0 spiro atoms. The fraction of sp³-hybridized carbons (Fsp3) is 0.0769. The van der Waals surface area contributed by atoms with Gasteiger partial charge in [-0.2, -0.15) is 0 Å². The lowest BCUT2D eigenvalue weighted by Gasteiger charge is -2.11. The molecular weight excluding hydrogens is 369 g/mol. The van der Waals surface area contributed by atoms with E-state index in [1.165, 1.54) is 19.1 Å². The summed E-state index contributed by atoms with van der Waals surface area (Å²) < 4.78 is 88.7. The van der Waals surface area contributed by atoms with Crippen LogP contribution < -0.4 is 9.86 Å². The van der Waals surface area contributed by atoms with Crippen LogP contribution in [0, 0.1) is 24.4 Å². The summed E-state index contributed by atoms with van der Waals surface area (Å²) in [6.45, 7) is 1.44. The molecule has 0 unspecified atom stereocenters. The maximum atomic E-state index is 13.6. The largest absolute Gasteiger partial charge is 0.279 e. The molecular formula is C13H11F3N2O4S2. The molecule has 130 valence electrons. The van der Waals surface area contributed by atoms with Crippen LogP contribution in [0.1, 0.15) is 5.56 Å². The Balaban J connectivity index is 2.50. The molecule has 0 aromatic heterocycles. The molecule has 24 heavy (non-hydrogen) atoms. The van der Waals surface area contributed by atoms with Crippen molar-refractivity contribution in [2.24, 2.45) is 5.14 Å². The van der Waals surface area contributed by atoms with Gasteiger partial charge in [0.2, 0.25) is 10.0 Å². The number of nitrogens with one attached hydrogen (secondary N) is 1. The van der Waals surface area contributed by atoms with Crippen LogP contribution in [-0.2, 0) is 20.0 Å². The predicted molar refractivity (Wildman–Crippen MR) is 79.7 cm³/mol. The standard InChI is InChI=1S/C13H11F3N2O4S2/c1-7-2-3-8(6-11(7)23(17,19)20)18-24(21,22)10-5-4-9(14)12(15)13(10)16/h2-6,18H,1H3,(H2,17,19,20). The number of sulfonamides is 2. The van der Waals surface area contributed by atoms with Gasteiger partial charge in [-0.1, -0.05) is 6.07 Å². The van der Waals surface area contributed by atoms with Crippen molar-refractivity contribution < 1.29 is 30.0 Å². The molecule has 2 aromatic rings. The van der Waals surface area contributed by atoms with Gasteiger partial charge in [0.1, 0.15) is 4.90 Å². The first-order valence-electron chi connectivity index (χ1n) is 6.23. The average molecular weight is 380 g/mol. The first-order valence-corrected chi connectivity index (χ1v) is 9.26. The second-order valence-corrected chi connectivity index (χ2v) is 7.98. The molecule has 0 radical (unpaired) electrons. The lowest BCUT2D eigenvalue weighted by Crippen LogP contribution is -2.17. The smallest absolute Gasteiger partial charge is 0.264 e. The first kappa shape index (κ1) is 18.2. The molecule has 0 fully saturated rings. The Labute approximate surface area is 136 Å². The molecule has 0 aliphatic rings. The molecule has 0 aliphatic heterocycles. The van der Waals surface area contributed by atoms with Crippen LogP contribution >= 0.6 is 0 Å². The van der Waals surface area contributed by atoms with Crippen molar-refractivity contribution in [3.05, 3.63) is 53.3 Å². The third kappa shape index (κ3) is 3.52. The van der Waals surface area contributed by atoms with E-state index in [1.54, 1.807) is 0 Å². The quantitative estimate of drug-likeness (QED) is 0.790. The van der Waals surface area contributed by atoms with Crippen LogP contribution in [0.2, 0.25) is 0 Å². The number of hydrogen-bond acceptors (Lipinski definition) is 4. The average Bonchev–Trinajstić information content (AvgIpc) is 2.45. The van der Waals surface area contributed by atoms with Crippen molar-refractivity contribution >= 4 is 25.7 Å². The minimum Gasteiger partial charge on any atom is -0.279 e. The van der Waals surface area contributed by atoms with Gasteiger partial charge in [0.05, 0.1) is 10.6 Å². The van der Waals surface area contributed by atoms with Crippen molar-refractivity contribution in [3.63, 3.8) is 0 Å². The van der Waals surface area contributed by atoms with E-state index in [4.69, 9.17) is 5.14 Å². The van der Waals surface area contributed by atoms with Crippen LogP contribution in [0.3, 0.4) is 0 Å². The third-order valence-electron chi connectivity index (χ3n) is 3.04. The predicted octanol–water partition coefficient (Wildman–Crippen LogP) is 1.86. The summed E-state index contributed by atoms with van der Waals surface area (Å²) in [6.07, 6.45) is 0. The molecule has 0 saturated heterocycles. The van der Waals surface area contributed by atoms with Crippen molar-refractivity contribution in [1.29, 1.82) is 0 Å². The summed E-state index contributed by atoms with van der Waals surface area (Å²) >= 11 is 0. The maximum Gasteiger partial charge on any atom is 0.264 e. The summed E-state index contributed by atoms with van der Waals surface area (Å²) in [6, 6.07) is 4.42. The minimum absolute atomic E-state index is 0.242. The lowest BCUT2D eigenvalue weighted by atomic mass is 10.2. The van der Waals surface area contributed by atoms with Crippen LogP contribution in [0.4, 0.5) is 18.9 Å². The fourth-order valence-electron chi connectivity index (χ4n) is 1.90. The van der Waals surface area contributed by atoms with Gasteiger partial charge < -0.3 is 0 Å². The minimum atomic E-state index is -4.63. The highest BCUT2D eigenvalue weighted by Crippen LogP contribution is 2.24. The van der Waals surface area contributed by atoms with E-state index in [9.17, 15) is 30.0 Å². The molecule has 0 amide bonds. The van der Waals surface area contributed by atoms with Gasteiger partial charge in [0, 0.05) is 0 Å². The number of benzene rings is 2. The Hall–Kier alpha value is -2.11. The van der Waals surface area contributed by atoms with E-state index in [0.717, 1.165) is 6.07 Å². The number of nitrogens with two attached hydrogens (primary N) is 1. The zero-order valence-electron chi connectivity index (χ0n) is 12.0. The van der Waals surface area contributed by atoms with Gasteiger partial charge >= 0.3 is 0 Å². The van der Waals surface area contributed by atoms with Gasteiger partial charge in [-0.3, -0.25) is 4.72 Å². The zero-order chi connectivity index (χ0) is 18.3. The summed E-state index contributed by atoms with van der Waals surface area (Å²) in [5.41, 5.74) is 0.0215. The van der Waals surface area contributed by atoms with Gasteiger partial charge in [0.15, 0.2) is 17.5 Å². The van der Waals surface area contributed by atoms with Crippen LogP contribution in [-0.4, -0.2) is 16.8 Å². The molecule has 2 rings (SSSR count). The lowest BCUT2D eigenvalue weighted by molar-refractivity contribution is 0.432. The number of halogens is 3. The Morgan fingerprint density at radius 2 is 1.54 bits per heavy atom. The Kier molecular flexibility index (Phi) is 4.61. The molecule has 6 nitrogen and oxygen atoms in total. The Morgan fingerprint density at radius 1 is 0.917 bits per heavy atom. The van der Waals surface area contributed by atoms with Gasteiger partial charge in [-0.05, 0) is 36.8 Å². The van der Waals surface area contributed by atoms with E-state index in [0.29, 0.717) is 12.1 Å². The number of primary sulfonamides is 1. The summed E-state index contributed by atoms with van der Waals surface area (Å²) in [4.78, 5) is -1.47. The van der Waals surface area contributed by atoms with Crippen molar-refractivity contribution in [2.75, 3.05) is 4.72 Å². The summed E-state index contributed by atoms with van der Waals surface area (Å²) in [5, 5.41) is 5.01. The van der Waals surface area contributed by atoms with E-state index < -0.39 is 42.4 Å². The molecule has 0 bridgehead atoms. The zero-order valence-corrected chi connectivity index (χ0v) is 13.7.